The summed E-state index contributed by atoms with van der Waals surface area (Å²) in [7, 11) is 6.74. The second-order valence-electron chi connectivity index (χ2n) is 29.0. The van der Waals surface area contributed by atoms with Gasteiger partial charge in [0.1, 0.15) is 17.9 Å². The summed E-state index contributed by atoms with van der Waals surface area (Å²) in [5.41, 5.74) is 0.956. The van der Waals surface area contributed by atoms with Crippen molar-refractivity contribution in [2.45, 2.75) is 277 Å². The molecule has 94 heavy (non-hydrogen) atoms. The van der Waals surface area contributed by atoms with Crippen LogP contribution in [0.4, 0.5) is 0 Å². The number of ether oxygens (including phenoxy) is 3. The molecule has 11 atom stereocenters. The van der Waals surface area contributed by atoms with Crippen LogP contribution in [0.1, 0.15) is 228 Å². The van der Waals surface area contributed by atoms with Crippen LogP contribution in [0.2, 0.25) is 0 Å². The van der Waals surface area contributed by atoms with E-state index in [0.29, 0.717) is 96.2 Å². The zero-order valence-corrected chi connectivity index (χ0v) is 60.1. The second-order valence-corrected chi connectivity index (χ2v) is 29.0. The molecule has 0 spiro atoms. The topological polar surface area (TPSA) is 230 Å². The predicted octanol–water partition coefficient (Wildman–Crippen LogP) is 11.1. The Labute approximate surface area is 563 Å². The van der Waals surface area contributed by atoms with Gasteiger partial charge in [0, 0.05) is 104 Å². The van der Waals surface area contributed by atoms with E-state index >= 15 is 0 Å². The number of nitrogens with zero attached hydrogens (tertiary/aromatic N) is 6. The summed E-state index contributed by atoms with van der Waals surface area (Å²) in [5.74, 6) is -2.00. The van der Waals surface area contributed by atoms with Crippen molar-refractivity contribution in [3.8, 4) is 11.8 Å². The lowest BCUT2D eigenvalue weighted by Crippen LogP contribution is -2.60. The first-order valence-corrected chi connectivity index (χ1v) is 36.0. The average molecular weight is 1320 g/mol. The van der Waals surface area contributed by atoms with Crippen LogP contribution < -0.4 is 5.32 Å². The van der Waals surface area contributed by atoms with Gasteiger partial charge in [-0.3, -0.25) is 47.9 Å². The molecular weight excluding hydrogens is 1190 g/mol. The molecule has 4 aliphatic rings. The normalized spacial score (nSPS) is 21.8. The molecule has 5 amide bonds. The van der Waals surface area contributed by atoms with Crippen LogP contribution in [0.3, 0.4) is 0 Å². The Balaban J connectivity index is 0.985. The molecule has 1 aromatic carbocycles. The lowest BCUT2D eigenvalue weighted by molar-refractivity contribution is -0.228. The van der Waals surface area contributed by atoms with Crippen molar-refractivity contribution in [2.75, 3.05) is 61.0 Å². The fourth-order valence-corrected chi connectivity index (χ4v) is 15.4. The zero-order valence-electron chi connectivity index (χ0n) is 60.1. The Morgan fingerprint density at radius 1 is 0.798 bits per heavy atom. The van der Waals surface area contributed by atoms with E-state index in [1.165, 1.54) is 4.57 Å². The van der Waals surface area contributed by atoms with Crippen LogP contribution in [-0.4, -0.2) is 190 Å². The number of aromatic hydroxyl groups is 2. The Kier molecular flexibility index (Phi) is 29.8. The quantitative estimate of drug-likeness (QED) is 0.0531. The number of hydrogen-bond donors (Lipinski definition) is 3. The number of methoxy groups -OCH3 is 2. The number of ketones is 1. The van der Waals surface area contributed by atoms with Crippen LogP contribution >= 0.6 is 0 Å². The van der Waals surface area contributed by atoms with E-state index in [4.69, 9.17) is 19.0 Å². The lowest BCUT2D eigenvalue weighted by atomic mass is 9.79. The van der Waals surface area contributed by atoms with Gasteiger partial charge in [-0.25, -0.2) is 5.06 Å². The number of piperidine rings is 1. The van der Waals surface area contributed by atoms with E-state index in [2.05, 4.69) is 45.1 Å². The monoisotopic (exact) mass is 1320 g/mol. The number of likely N-dealkylation sites (tertiary alicyclic amines) is 2. The first-order chi connectivity index (χ1) is 44.8. The third kappa shape index (κ3) is 19.4. The van der Waals surface area contributed by atoms with E-state index < -0.39 is 41.7 Å². The van der Waals surface area contributed by atoms with Crippen LogP contribution in [0.5, 0.6) is 11.8 Å². The van der Waals surface area contributed by atoms with E-state index in [1.54, 1.807) is 42.2 Å². The first-order valence-electron chi connectivity index (χ1n) is 36.0. The smallest absolute Gasteiger partial charge is 0.306 e. The number of rotatable bonds is 38. The van der Waals surface area contributed by atoms with E-state index in [0.717, 1.165) is 63.4 Å². The average Bonchev–Trinajstić information content (AvgIpc) is 1.56. The maximum atomic E-state index is 14.9. The van der Waals surface area contributed by atoms with Crippen molar-refractivity contribution in [3.63, 3.8) is 0 Å². The number of hydrogen-bond acceptors (Lipinski definition) is 14. The molecule has 20 heteroatoms. The second kappa shape index (κ2) is 36.1. The molecule has 530 valence electrons. The van der Waals surface area contributed by atoms with Crippen molar-refractivity contribution in [1.29, 1.82) is 0 Å². The zero-order chi connectivity index (χ0) is 69.2. The summed E-state index contributed by atoms with van der Waals surface area (Å²) in [6.07, 6.45) is 11.5. The number of hydroxylamine groups is 2. The fourth-order valence-electron chi connectivity index (χ4n) is 15.4. The van der Waals surface area contributed by atoms with Gasteiger partial charge in [-0.05, 0) is 125 Å². The molecule has 0 bridgehead atoms. The standard InChI is InChI=1S/C74H121N7O13/c1-16-20-31-55-32-25-43-81(94-55)72(90)74(48-57(74)53-29-22-21-23-30-53)39-24-34-59(82)52(10)68(92-15)58-33-26-41-79(58)63(85)47-60(91-14)67(51(9)17-2)77(13)71(89)65(49(5)6)75-69(87)66(50(7)8)76(12)40-28-36-64(86)93-54-37-44-78(45-38-54)61(83)35-27-42-80-62(84)46-56(70(80)88)73(11,18-3)19-4/h21-23,29-30,46,49-52,54-55,57-58,60,65-68,84,88H,16-20,24-28,31-45,47-48H2,1-15H3,(H,75,87). The van der Waals surface area contributed by atoms with Crippen molar-refractivity contribution < 1.29 is 62.8 Å². The number of likely N-dealkylation sites (N-methyl/N-ethyl adjacent to an activating group) is 2. The summed E-state index contributed by atoms with van der Waals surface area (Å²) in [6.45, 7) is 24.7. The van der Waals surface area contributed by atoms with Crippen LogP contribution in [0, 0.1) is 29.1 Å². The fraction of sp³-hybridized carbons (Fsp3) is 0.770. The third-order valence-electron chi connectivity index (χ3n) is 22.0. The Morgan fingerprint density at radius 2 is 1.48 bits per heavy atom. The van der Waals surface area contributed by atoms with Gasteiger partial charge in [0.25, 0.3) is 5.91 Å². The van der Waals surface area contributed by atoms with Crippen molar-refractivity contribution in [3.05, 3.63) is 47.5 Å². The minimum absolute atomic E-state index is 0.0102. The summed E-state index contributed by atoms with van der Waals surface area (Å²) < 4.78 is 19.7. The molecular formula is C74H121N7O13. The highest BCUT2D eigenvalue weighted by Crippen LogP contribution is 2.63. The molecule has 20 nitrogen and oxygen atoms in total. The summed E-state index contributed by atoms with van der Waals surface area (Å²) in [4.78, 5) is 113. The number of Topliss-reactive ketones (excluding diaryl/α,β-unsaturated/α-hetero) is 1. The summed E-state index contributed by atoms with van der Waals surface area (Å²) in [6, 6.07) is 9.42. The number of nitrogens with one attached hydrogen (secondary N) is 1. The van der Waals surface area contributed by atoms with E-state index in [-0.39, 0.29) is 126 Å². The van der Waals surface area contributed by atoms with Gasteiger partial charge < -0.3 is 44.4 Å². The highest BCUT2D eigenvalue weighted by atomic mass is 16.7. The minimum Gasteiger partial charge on any atom is -0.494 e. The number of carbonyl (C=O) groups excluding carboxylic acids is 7. The molecule has 3 saturated heterocycles. The third-order valence-corrected chi connectivity index (χ3v) is 22.0. The van der Waals surface area contributed by atoms with Gasteiger partial charge in [-0.2, -0.15) is 0 Å². The van der Waals surface area contributed by atoms with Gasteiger partial charge in [-0.15, -0.1) is 0 Å². The van der Waals surface area contributed by atoms with Gasteiger partial charge in [-0.1, -0.05) is 126 Å². The Bertz CT molecular complexity index is 2760. The minimum atomic E-state index is -0.898. The number of benzene rings is 1. The molecule has 11 unspecified atom stereocenters. The maximum Gasteiger partial charge on any atom is 0.306 e. The van der Waals surface area contributed by atoms with Gasteiger partial charge in [0.2, 0.25) is 23.6 Å². The lowest BCUT2D eigenvalue weighted by Gasteiger charge is -2.41. The largest absolute Gasteiger partial charge is 0.494 e. The summed E-state index contributed by atoms with van der Waals surface area (Å²) >= 11 is 0. The highest BCUT2D eigenvalue weighted by Gasteiger charge is 2.61. The molecule has 0 radical (unpaired) electrons. The van der Waals surface area contributed by atoms with Crippen LogP contribution in [0.15, 0.2) is 36.4 Å². The van der Waals surface area contributed by atoms with Crippen molar-refractivity contribution in [2.24, 2.45) is 29.1 Å². The highest BCUT2D eigenvalue weighted by molar-refractivity contribution is 5.90. The Hall–Kier alpha value is -5.57. The van der Waals surface area contributed by atoms with Gasteiger partial charge in [0.05, 0.1) is 48.3 Å². The van der Waals surface area contributed by atoms with E-state index in [1.807, 2.05) is 83.5 Å². The van der Waals surface area contributed by atoms with Gasteiger partial charge >= 0.3 is 5.97 Å². The number of amides is 5. The predicted molar refractivity (Wildman–Crippen MR) is 364 cm³/mol. The SMILES string of the molecule is CCCCC1CCCN(C(=O)C2(CCCC(=O)C(C)C(OC)C3CCCN3C(=O)CC(OC)C(C(C)CC)N(C)C(=O)C(NC(=O)C(C(C)C)N(C)CCCC(=O)OC3CCN(C(=O)CCCn4c(O)cc(C(C)(CC)CC)c4O)CC3)C(C)C)CC2c2ccccc2)O1. The van der Waals surface area contributed by atoms with Crippen LogP contribution in [0.25, 0.3) is 0 Å². The maximum absolute atomic E-state index is 14.9. The molecule has 4 fully saturated rings. The van der Waals surface area contributed by atoms with Crippen molar-refractivity contribution in [1.82, 2.24) is 34.5 Å². The van der Waals surface area contributed by atoms with Crippen molar-refractivity contribution >= 4 is 41.3 Å². The molecule has 2 aromatic rings. The molecule has 1 saturated carbocycles. The van der Waals surface area contributed by atoms with E-state index in [9.17, 15) is 43.8 Å². The number of carbonyl (C=O) groups is 7. The number of unbranched alkanes of at least 4 members (excludes halogenated alkanes) is 1. The molecule has 3 N–H and O–H groups in total. The number of aromatic nitrogens is 1. The molecule has 6 rings (SSSR count). The number of esters is 1. The molecule has 1 aliphatic carbocycles. The molecule has 4 heterocycles. The molecule has 3 aliphatic heterocycles. The first kappa shape index (κ1) is 77.4. The van der Waals surface area contributed by atoms with Crippen LogP contribution in [-0.2, 0) is 64.6 Å². The molecule has 1 aromatic heterocycles. The summed E-state index contributed by atoms with van der Waals surface area (Å²) in [5, 5.41) is 26.3. The Morgan fingerprint density at radius 3 is 2.10 bits per heavy atom. The van der Waals surface area contributed by atoms with Gasteiger partial charge in [0.15, 0.2) is 11.8 Å².